The molecule has 2 fully saturated rings. The number of likely N-dealkylation sites (N-methyl/N-ethyl adjacent to an activating group) is 1. The van der Waals surface area contributed by atoms with Crippen molar-refractivity contribution < 1.29 is 14.3 Å². The molecule has 0 saturated carbocycles. The molecule has 1 aromatic rings. The highest BCUT2D eigenvalue weighted by molar-refractivity contribution is 7.07. The van der Waals surface area contributed by atoms with Gasteiger partial charge in [0.2, 0.25) is 5.91 Å². The van der Waals surface area contributed by atoms with E-state index >= 15 is 0 Å². The second-order valence-electron chi connectivity index (χ2n) is 5.97. The monoisotopic (exact) mass is 310 g/mol. The Hall–Kier alpha value is -0.950. The number of likely N-dealkylation sites (tertiary alicyclic amines) is 1. The fourth-order valence-corrected chi connectivity index (χ4v) is 3.74. The quantitative estimate of drug-likeness (QED) is 0.815. The third-order valence-electron chi connectivity index (χ3n) is 4.34. The van der Waals surface area contributed by atoms with E-state index in [0.29, 0.717) is 12.0 Å². The molecular formula is C15H22N2O3S. The lowest BCUT2D eigenvalue weighted by molar-refractivity contribution is -0.136. The van der Waals surface area contributed by atoms with E-state index in [4.69, 9.17) is 9.47 Å². The lowest BCUT2D eigenvalue weighted by Crippen LogP contribution is -2.32. The summed E-state index contributed by atoms with van der Waals surface area (Å²) in [5.41, 5.74) is 1.34. The van der Waals surface area contributed by atoms with Gasteiger partial charge in [-0.25, -0.2) is 0 Å². The second-order valence-corrected chi connectivity index (χ2v) is 6.75. The molecule has 3 heterocycles. The van der Waals surface area contributed by atoms with Gasteiger partial charge in [-0.05, 0) is 22.4 Å². The van der Waals surface area contributed by atoms with Gasteiger partial charge in [0.25, 0.3) is 0 Å². The van der Waals surface area contributed by atoms with Gasteiger partial charge in [-0.15, -0.1) is 0 Å². The molecule has 0 aromatic carbocycles. The fraction of sp³-hybridized carbons (Fsp3) is 0.667. The number of hydrogen-bond donors (Lipinski definition) is 0. The predicted molar refractivity (Wildman–Crippen MR) is 81.3 cm³/mol. The molecule has 0 spiro atoms. The van der Waals surface area contributed by atoms with Gasteiger partial charge < -0.3 is 14.4 Å². The first-order valence-corrected chi connectivity index (χ1v) is 8.24. The van der Waals surface area contributed by atoms with Crippen molar-refractivity contribution in [1.82, 2.24) is 9.80 Å². The van der Waals surface area contributed by atoms with Crippen molar-refractivity contribution in [2.75, 3.05) is 40.5 Å². The van der Waals surface area contributed by atoms with Crippen molar-refractivity contribution in [3.63, 3.8) is 0 Å². The Morgan fingerprint density at radius 2 is 2.38 bits per heavy atom. The largest absolute Gasteiger partial charge is 0.379 e. The first-order valence-electron chi connectivity index (χ1n) is 7.30. The van der Waals surface area contributed by atoms with Crippen molar-refractivity contribution in [2.45, 2.75) is 18.7 Å². The van der Waals surface area contributed by atoms with Crippen LogP contribution in [-0.4, -0.2) is 68.3 Å². The summed E-state index contributed by atoms with van der Waals surface area (Å²) in [7, 11) is 3.51. The lowest BCUT2D eigenvalue weighted by atomic mass is 10.0. The molecule has 0 aliphatic carbocycles. The van der Waals surface area contributed by atoms with E-state index in [1.165, 1.54) is 5.56 Å². The third kappa shape index (κ3) is 3.29. The molecule has 2 aliphatic rings. The predicted octanol–water partition coefficient (Wildman–Crippen LogP) is 1.05. The first kappa shape index (κ1) is 15.0. The Labute approximate surface area is 129 Å². The average molecular weight is 310 g/mol. The number of thiophene rings is 1. The van der Waals surface area contributed by atoms with Crippen LogP contribution in [0.2, 0.25) is 0 Å². The van der Waals surface area contributed by atoms with E-state index < -0.39 is 0 Å². The van der Waals surface area contributed by atoms with Crippen LogP contribution >= 0.6 is 11.3 Å². The molecule has 0 unspecified atom stereocenters. The zero-order valence-corrected chi connectivity index (χ0v) is 13.3. The van der Waals surface area contributed by atoms with E-state index in [-0.39, 0.29) is 18.6 Å². The van der Waals surface area contributed by atoms with E-state index in [1.54, 1.807) is 30.3 Å². The number of ether oxygens (including phenoxy) is 2. The number of carbonyl (C=O) groups excluding carboxylic acids is 1. The van der Waals surface area contributed by atoms with Crippen LogP contribution in [0.25, 0.3) is 0 Å². The van der Waals surface area contributed by atoms with Crippen molar-refractivity contribution in [2.24, 2.45) is 5.92 Å². The summed E-state index contributed by atoms with van der Waals surface area (Å²) >= 11 is 1.73. The minimum Gasteiger partial charge on any atom is -0.379 e. The highest BCUT2D eigenvalue weighted by Crippen LogP contribution is 2.33. The number of carbonyl (C=O) groups is 1. The summed E-state index contributed by atoms with van der Waals surface area (Å²) in [4.78, 5) is 15.7. The number of fused-ring (bicyclic) bond motifs is 1. The topological polar surface area (TPSA) is 42.0 Å². The maximum atomic E-state index is 11.7. The molecule has 1 amide bonds. The molecule has 0 N–H and O–H groups in total. The summed E-state index contributed by atoms with van der Waals surface area (Å²) in [5.74, 6) is 0.403. The normalized spacial score (nSPS) is 28.8. The van der Waals surface area contributed by atoms with Crippen molar-refractivity contribution in [3.05, 3.63) is 22.4 Å². The summed E-state index contributed by atoms with van der Waals surface area (Å²) in [6.45, 7) is 3.50. The molecule has 21 heavy (non-hydrogen) atoms. The molecular weight excluding hydrogens is 288 g/mol. The fourth-order valence-electron chi connectivity index (χ4n) is 3.08. The van der Waals surface area contributed by atoms with Gasteiger partial charge in [0, 0.05) is 39.1 Å². The molecule has 3 rings (SSSR count). The van der Waals surface area contributed by atoms with Gasteiger partial charge in [-0.3, -0.25) is 9.69 Å². The van der Waals surface area contributed by atoms with Crippen LogP contribution in [0.4, 0.5) is 0 Å². The van der Waals surface area contributed by atoms with Gasteiger partial charge in [-0.2, -0.15) is 11.3 Å². The third-order valence-corrected chi connectivity index (χ3v) is 5.07. The second kappa shape index (κ2) is 6.44. The molecule has 0 radical (unpaired) electrons. The van der Waals surface area contributed by atoms with E-state index in [0.717, 1.165) is 26.3 Å². The molecule has 0 bridgehead atoms. The maximum Gasteiger partial charge on any atom is 0.248 e. The zero-order chi connectivity index (χ0) is 14.8. The number of amides is 1. The van der Waals surface area contributed by atoms with Gasteiger partial charge in [0.15, 0.2) is 0 Å². The van der Waals surface area contributed by atoms with Crippen LogP contribution < -0.4 is 0 Å². The lowest BCUT2D eigenvalue weighted by Gasteiger charge is -2.21. The molecule has 5 nitrogen and oxygen atoms in total. The van der Waals surface area contributed by atoms with Crippen molar-refractivity contribution >= 4 is 17.2 Å². The summed E-state index contributed by atoms with van der Waals surface area (Å²) < 4.78 is 11.5. The maximum absolute atomic E-state index is 11.7. The molecule has 2 saturated heterocycles. The van der Waals surface area contributed by atoms with Gasteiger partial charge >= 0.3 is 0 Å². The Kier molecular flexibility index (Phi) is 4.59. The van der Waals surface area contributed by atoms with Crippen LogP contribution in [-0.2, 0) is 20.8 Å². The van der Waals surface area contributed by atoms with E-state index in [2.05, 4.69) is 21.7 Å². The Balaban J connectivity index is 1.59. The molecule has 116 valence electrons. The Morgan fingerprint density at radius 3 is 3.10 bits per heavy atom. The zero-order valence-electron chi connectivity index (χ0n) is 12.5. The standard InChI is InChI=1S/C15H22N2O3S/c1-16(2)15(18)9-20-14-6-17(5-11-3-4-21-10-11)13-8-19-7-12(13)14/h3-4,10,12-14H,5-9H2,1-2H3/t12-,13+,14-/m1/s1. The highest BCUT2D eigenvalue weighted by atomic mass is 32.1. The van der Waals surface area contributed by atoms with Gasteiger partial charge in [-0.1, -0.05) is 0 Å². The summed E-state index contributed by atoms with van der Waals surface area (Å²) in [6, 6.07) is 2.59. The van der Waals surface area contributed by atoms with Crippen LogP contribution in [0.15, 0.2) is 16.8 Å². The molecule has 2 aliphatic heterocycles. The summed E-state index contributed by atoms with van der Waals surface area (Å²) in [5, 5.41) is 4.30. The molecule has 6 heteroatoms. The number of nitrogens with zero attached hydrogens (tertiary/aromatic N) is 2. The van der Waals surface area contributed by atoms with Gasteiger partial charge in [0.05, 0.1) is 19.3 Å². The first-order chi connectivity index (χ1) is 10.1. The SMILES string of the molecule is CN(C)C(=O)CO[C@@H]1CN(Cc2ccsc2)[C@H]2COC[C@@H]12. The van der Waals surface area contributed by atoms with Crippen molar-refractivity contribution in [1.29, 1.82) is 0 Å². The van der Waals surface area contributed by atoms with Crippen LogP contribution in [0.5, 0.6) is 0 Å². The number of hydrogen-bond acceptors (Lipinski definition) is 5. The van der Waals surface area contributed by atoms with E-state index in [9.17, 15) is 4.79 Å². The van der Waals surface area contributed by atoms with Crippen LogP contribution in [0.3, 0.4) is 0 Å². The summed E-state index contributed by atoms with van der Waals surface area (Å²) in [6.07, 6.45) is 0.0973. The average Bonchev–Trinajstić information content (AvgIpc) is 3.15. The Bertz CT molecular complexity index is 477. The van der Waals surface area contributed by atoms with E-state index in [1.807, 2.05) is 0 Å². The smallest absolute Gasteiger partial charge is 0.248 e. The minimum atomic E-state index is 0.0155. The van der Waals surface area contributed by atoms with Crippen LogP contribution in [0, 0.1) is 5.92 Å². The minimum absolute atomic E-state index is 0.0155. The van der Waals surface area contributed by atoms with Crippen LogP contribution in [0.1, 0.15) is 5.56 Å². The Morgan fingerprint density at radius 1 is 1.52 bits per heavy atom. The van der Waals surface area contributed by atoms with Crippen molar-refractivity contribution in [3.8, 4) is 0 Å². The number of rotatable bonds is 5. The highest BCUT2D eigenvalue weighted by Gasteiger charge is 2.46. The van der Waals surface area contributed by atoms with Gasteiger partial charge in [0.1, 0.15) is 6.61 Å². The molecule has 3 atom stereocenters. The molecule has 1 aromatic heterocycles.